The maximum atomic E-state index is 12.6. The van der Waals surface area contributed by atoms with Crippen LogP contribution in [0.25, 0.3) is 5.52 Å². The second kappa shape index (κ2) is 6.80. The minimum Gasteiger partial charge on any atom is -0.494 e. The number of hydrogen-bond acceptors (Lipinski definition) is 4. The molecule has 0 bridgehead atoms. The number of carbonyl (C=O) groups excluding carboxylic acids is 1. The third kappa shape index (κ3) is 3.03. The Morgan fingerprint density at radius 3 is 2.67 bits per heavy atom. The number of para-hydroxylation sites is 1. The molecule has 2 aromatic heterocycles. The molecule has 0 N–H and O–H groups in total. The van der Waals surface area contributed by atoms with Gasteiger partial charge in [0.2, 0.25) is 0 Å². The first-order chi connectivity index (χ1) is 11.7. The highest BCUT2D eigenvalue weighted by Crippen LogP contribution is 2.27. The Balaban J connectivity index is 2.00. The van der Waals surface area contributed by atoms with Crippen molar-refractivity contribution in [3.63, 3.8) is 0 Å². The molecular formula is C19H15NO4. The molecule has 0 saturated heterocycles. The molecule has 0 amide bonds. The summed E-state index contributed by atoms with van der Waals surface area (Å²) in [4.78, 5) is 12.6. The Kier molecular flexibility index (Phi) is 4.39. The summed E-state index contributed by atoms with van der Waals surface area (Å²) < 4.78 is 17.8. The molecule has 0 saturated carbocycles. The summed E-state index contributed by atoms with van der Waals surface area (Å²) in [5.41, 5.74) is 1.06. The first-order valence-electron chi connectivity index (χ1n) is 7.25. The summed E-state index contributed by atoms with van der Waals surface area (Å²) in [6, 6.07) is 14.2. The lowest BCUT2D eigenvalue weighted by molar-refractivity contribution is 0.0724. The van der Waals surface area contributed by atoms with Gasteiger partial charge in [0.15, 0.2) is 11.4 Å². The molecular weight excluding hydrogens is 306 g/mol. The van der Waals surface area contributed by atoms with Gasteiger partial charge in [0.25, 0.3) is 0 Å². The number of aromatic nitrogens is 1. The first kappa shape index (κ1) is 15.5. The molecule has 5 nitrogen and oxygen atoms in total. The Hall–Kier alpha value is -3.39. The molecule has 0 atom stereocenters. The SMILES string of the molecule is C#CCOc1ccc2cc(OC)c(C(=O)Oc3ccccc3)n2c1. The molecule has 0 aliphatic carbocycles. The number of hydrogen-bond donors (Lipinski definition) is 0. The minimum absolute atomic E-state index is 0.147. The summed E-state index contributed by atoms with van der Waals surface area (Å²) >= 11 is 0. The normalized spacial score (nSPS) is 10.2. The molecule has 120 valence electrons. The van der Waals surface area contributed by atoms with Gasteiger partial charge in [-0.15, -0.1) is 6.42 Å². The van der Waals surface area contributed by atoms with Gasteiger partial charge in [-0.05, 0) is 24.3 Å². The highest BCUT2D eigenvalue weighted by molar-refractivity contribution is 5.94. The summed E-state index contributed by atoms with van der Waals surface area (Å²) in [7, 11) is 1.50. The fourth-order valence-electron chi connectivity index (χ4n) is 2.33. The largest absolute Gasteiger partial charge is 0.494 e. The number of pyridine rings is 1. The molecule has 0 aliphatic heterocycles. The Morgan fingerprint density at radius 2 is 1.96 bits per heavy atom. The molecule has 1 aromatic carbocycles. The second-order valence-corrected chi connectivity index (χ2v) is 4.92. The molecule has 0 fully saturated rings. The topological polar surface area (TPSA) is 49.2 Å². The van der Waals surface area contributed by atoms with Crippen LogP contribution in [0.4, 0.5) is 0 Å². The number of benzene rings is 1. The average molecular weight is 321 g/mol. The summed E-state index contributed by atoms with van der Waals surface area (Å²) in [6.45, 7) is 0.147. The van der Waals surface area contributed by atoms with Crippen molar-refractivity contribution >= 4 is 11.5 Å². The second-order valence-electron chi connectivity index (χ2n) is 4.92. The smallest absolute Gasteiger partial charge is 0.364 e. The number of esters is 1. The zero-order chi connectivity index (χ0) is 16.9. The van der Waals surface area contributed by atoms with E-state index in [1.165, 1.54) is 7.11 Å². The number of ether oxygens (including phenoxy) is 3. The van der Waals surface area contributed by atoms with Crippen LogP contribution in [-0.4, -0.2) is 24.1 Å². The van der Waals surface area contributed by atoms with E-state index in [2.05, 4.69) is 5.92 Å². The number of methoxy groups -OCH3 is 1. The minimum atomic E-state index is -0.521. The third-order valence-electron chi connectivity index (χ3n) is 3.40. The van der Waals surface area contributed by atoms with Crippen LogP contribution in [0.5, 0.6) is 17.2 Å². The Morgan fingerprint density at radius 1 is 1.17 bits per heavy atom. The zero-order valence-electron chi connectivity index (χ0n) is 13.1. The lowest BCUT2D eigenvalue weighted by atomic mass is 10.3. The van der Waals surface area contributed by atoms with Crippen LogP contribution in [0.2, 0.25) is 0 Å². The highest BCUT2D eigenvalue weighted by atomic mass is 16.5. The van der Waals surface area contributed by atoms with E-state index in [1.54, 1.807) is 47.0 Å². The lowest BCUT2D eigenvalue weighted by Gasteiger charge is -2.08. The van der Waals surface area contributed by atoms with Gasteiger partial charge in [0.1, 0.15) is 18.1 Å². The number of carbonyl (C=O) groups is 1. The summed E-state index contributed by atoms with van der Waals surface area (Å²) in [5.74, 6) is 3.31. The van der Waals surface area contributed by atoms with Crippen molar-refractivity contribution in [1.29, 1.82) is 0 Å². The molecule has 3 aromatic rings. The van der Waals surface area contributed by atoms with Gasteiger partial charge < -0.3 is 18.6 Å². The molecule has 0 radical (unpaired) electrons. The average Bonchev–Trinajstić information content (AvgIpc) is 2.98. The Bertz CT molecular complexity index is 906. The maximum Gasteiger partial charge on any atom is 0.364 e. The quantitative estimate of drug-likeness (QED) is 0.411. The number of terminal acetylenes is 1. The van der Waals surface area contributed by atoms with Crippen molar-refractivity contribution < 1.29 is 19.0 Å². The van der Waals surface area contributed by atoms with E-state index in [4.69, 9.17) is 20.6 Å². The van der Waals surface area contributed by atoms with Crippen molar-refractivity contribution in [2.75, 3.05) is 13.7 Å². The van der Waals surface area contributed by atoms with Crippen LogP contribution in [-0.2, 0) is 0 Å². The molecule has 0 spiro atoms. The van der Waals surface area contributed by atoms with E-state index in [9.17, 15) is 4.79 Å². The summed E-state index contributed by atoms with van der Waals surface area (Å²) in [6.07, 6.45) is 6.88. The van der Waals surface area contributed by atoms with Crippen LogP contribution in [0, 0.1) is 12.3 Å². The van der Waals surface area contributed by atoms with Crippen LogP contribution in [0.1, 0.15) is 10.5 Å². The van der Waals surface area contributed by atoms with E-state index >= 15 is 0 Å². The van der Waals surface area contributed by atoms with Crippen molar-refractivity contribution in [1.82, 2.24) is 4.40 Å². The van der Waals surface area contributed by atoms with Crippen molar-refractivity contribution in [3.05, 3.63) is 60.4 Å². The molecule has 2 heterocycles. The van der Waals surface area contributed by atoms with Crippen molar-refractivity contribution in [2.24, 2.45) is 0 Å². The van der Waals surface area contributed by atoms with Crippen LogP contribution in [0.3, 0.4) is 0 Å². The van der Waals surface area contributed by atoms with Gasteiger partial charge in [-0.2, -0.15) is 0 Å². The predicted molar refractivity (Wildman–Crippen MR) is 89.7 cm³/mol. The standard InChI is InChI=1S/C19H15NO4/c1-3-11-23-16-10-9-14-12-17(22-2)18(20(14)13-16)19(21)24-15-7-5-4-6-8-15/h1,4-10,12-13H,11H2,2H3. The van der Waals surface area contributed by atoms with E-state index in [0.717, 1.165) is 5.52 Å². The van der Waals surface area contributed by atoms with Gasteiger partial charge in [-0.1, -0.05) is 24.1 Å². The maximum absolute atomic E-state index is 12.6. The van der Waals surface area contributed by atoms with Gasteiger partial charge in [0, 0.05) is 11.6 Å². The fraction of sp³-hybridized carbons (Fsp3) is 0.105. The molecule has 3 rings (SSSR count). The number of fused-ring (bicyclic) bond motifs is 1. The van der Waals surface area contributed by atoms with Gasteiger partial charge in [-0.25, -0.2) is 4.79 Å². The number of nitrogens with zero attached hydrogens (tertiary/aromatic N) is 1. The van der Waals surface area contributed by atoms with Crippen LogP contribution >= 0.6 is 0 Å². The molecule has 0 aliphatic rings. The first-order valence-corrected chi connectivity index (χ1v) is 7.25. The number of rotatable bonds is 5. The van der Waals surface area contributed by atoms with Crippen molar-refractivity contribution in [2.45, 2.75) is 0 Å². The van der Waals surface area contributed by atoms with Gasteiger partial charge >= 0.3 is 5.97 Å². The van der Waals surface area contributed by atoms with Crippen LogP contribution in [0.15, 0.2) is 54.7 Å². The van der Waals surface area contributed by atoms with E-state index in [-0.39, 0.29) is 12.3 Å². The van der Waals surface area contributed by atoms with Gasteiger partial charge in [0.05, 0.1) is 13.3 Å². The van der Waals surface area contributed by atoms with E-state index in [0.29, 0.717) is 17.2 Å². The van der Waals surface area contributed by atoms with E-state index in [1.807, 2.05) is 12.1 Å². The molecule has 24 heavy (non-hydrogen) atoms. The molecule has 0 unspecified atom stereocenters. The van der Waals surface area contributed by atoms with E-state index < -0.39 is 5.97 Å². The molecule has 5 heteroatoms. The van der Waals surface area contributed by atoms with Crippen LogP contribution < -0.4 is 14.2 Å². The predicted octanol–water partition coefficient (Wildman–Crippen LogP) is 3.18. The van der Waals surface area contributed by atoms with Gasteiger partial charge in [-0.3, -0.25) is 0 Å². The lowest BCUT2D eigenvalue weighted by Crippen LogP contribution is -2.12. The van der Waals surface area contributed by atoms with Crippen molar-refractivity contribution in [3.8, 4) is 29.6 Å². The fourth-order valence-corrected chi connectivity index (χ4v) is 2.33. The monoisotopic (exact) mass is 321 g/mol. The highest BCUT2D eigenvalue weighted by Gasteiger charge is 2.21. The summed E-state index contributed by atoms with van der Waals surface area (Å²) in [5, 5.41) is 0. The Labute approximate surface area is 139 Å². The zero-order valence-corrected chi connectivity index (χ0v) is 13.1. The third-order valence-corrected chi connectivity index (χ3v) is 3.40.